The molecule has 0 fully saturated rings. The highest BCUT2D eigenvalue weighted by Crippen LogP contribution is 2.40. The predicted octanol–water partition coefficient (Wildman–Crippen LogP) is 4.69. The average Bonchev–Trinajstić information content (AvgIpc) is 3.25. The number of anilines is 1. The monoisotopic (exact) mass is 468 g/mol. The van der Waals surface area contributed by atoms with Gasteiger partial charge in [0.1, 0.15) is 12.4 Å². The predicted molar refractivity (Wildman–Crippen MR) is 102 cm³/mol. The van der Waals surface area contributed by atoms with Gasteiger partial charge in [-0.25, -0.2) is 9.97 Å². The van der Waals surface area contributed by atoms with Crippen LogP contribution < -0.4 is 4.90 Å². The number of benzene rings is 1. The molecule has 33 heavy (non-hydrogen) atoms. The van der Waals surface area contributed by atoms with Crippen LogP contribution in [-0.2, 0) is 17.1 Å². The van der Waals surface area contributed by atoms with E-state index in [1.807, 2.05) is 6.07 Å². The van der Waals surface area contributed by atoms with Gasteiger partial charge in [0.2, 0.25) is 6.41 Å². The summed E-state index contributed by atoms with van der Waals surface area (Å²) in [6.45, 7) is 1.57. The molecule has 172 valence electrons. The van der Waals surface area contributed by atoms with Crippen molar-refractivity contribution >= 4 is 12.1 Å². The highest BCUT2D eigenvalue weighted by atomic mass is 19.4. The number of aromatic nitrogens is 4. The number of halogens is 6. The maximum Gasteiger partial charge on any atom is 0.416 e. The molecule has 1 aromatic carbocycles. The summed E-state index contributed by atoms with van der Waals surface area (Å²) in [5, 5.41) is 12.9. The quantitative estimate of drug-likeness (QED) is 0.387. The van der Waals surface area contributed by atoms with E-state index in [9.17, 15) is 31.1 Å². The second-order valence-electron chi connectivity index (χ2n) is 6.75. The lowest BCUT2D eigenvalue weighted by Gasteiger charge is -2.28. The van der Waals surface area contributed by atoms with Gasteiger partial charge in [0.05, 0.1) is 22.7 Å². The smallest absolute Gasteiger partial charge is 0.304 e. The number of nitriles is 1. The van der Waals surface area contributed by atoms with Crippen molar-refractivity contribution in [2.75, 3.05) is 4.90 Å². The summed E-state index contributed by atoms with van der Waals surface area (Å²) in [7, 11) is 0. The second kappa shape index (κ2) is 8.89. The first kappa shape index (κ1) is 23.7. The topological polar surface area (TPSA) is 87.7 Å². The first-order valence-electron chi connectivity index (χ1n) is 9.29. The largest absolute Gasteiger partial charge is 0.416 e. The van der Waals surface area contributed by atoms with Gasteiger partial charge in [-0.05, 0) is 36.8 Å². The summed E-state index contributed by atoms with van der Waals surface area (Å²) in [6, 6.07) is 4.59. The first-order chi connectivity index (χ1) is 15.5. The van der Waals surface area contributed by atoms with E-state index in [1.165, 1.54) is 23.0 Å². The fourth-order valence-electron chi connectivity index (χ4n) is 3.14. The molecule has 0 N–H and O–H groups in total. The van der Waals surface area contributed by atoms with Crippen LogP contribution in [0.5, 0.6) is 0 Å². The third-order valence-electron chi connectivity index (χ3n) is 4.67. The summed E-state index contributed by atoms with van der Waals surface area (Å²) in [4.78, 5) is 20.7. The summed E-state index contributed by atoms with van der Waals surface area (Å²) in [5.41, 5.74) is -3.46. The maximum absolute atomic E-state index is 13.3. The molecule has 3 rings (SSSR count). The average molecular weight is 468 g/mol. The van der Waals surface area contributed by atoms with Crippen molar-refractivity contribution in [3.63, 3.8) is 0 Å². The van der Waals surface area contributed by atoms with Gasteiger partial charge < -0.3 is 4.90 Å². The molecule has 0 aliphatic carbocycles. The summed E-state index contributed by atoms with van der Waals surface area (Å²) >= 11 is 0. The molecule has 1 amide bonds. The molecule has 0 spiro atoms. The van der Waals surface area contributed by atoms with Gasteiger partial charge in [-0.3, -0.25) is 4.79 Å². The molecule has 0 saturated heterocycles. The van der Waals surface area contributed by atoms with E-state index in [4.69, 9.17) is 5.26 Å². The lowest BCUT2D eigenvalue weighted by atomic mass is 10.1. The molecule has 3 aromatic rings. The molecular weight excluding hydrogens is 454 g/mol. The van der Waals surface area contributed by atoms with Crippen LogP contribution in [0.2, 0.25) is 0 Å². The fourth-order valence-corrected chi connectivity index (χ4v) is 3.14. The van der Waals surface area contributed by atoms with Crippen LogP contribution in [0, 0.1) is 11.3 Å². The number of carbonyl (C=O) groups is 1. The van der Waals surface area contributed by atoms with Crippen molar-refractivity contribution in [2.45, 2.75) is 31.7 Å². The van der Waals surface area contributed by atoms with E-state index >= 15 is 0 Å². The molecule has 1 atom stereocenters. The molecular formula is C20H14F6N6O. The SMILES string of the molecule is CCC(c1ncnn1-c1ccc(C#N)cn1)N(C=O)c1cc(C(F)(F)F)cc(C(F)(F)F)c1. The molecule has 0 aliphatic heterocycles. The van der Waals surface area contributed by atoms with Crippen LogP contribution in [0.1, 0.15) is 41.9 Å². The Labute approximate surface area is 182 Å². The summed E-state index contributed by atoms with van der Waals surface area (Å²) < 4.78 is 80.8. The van der Waals surface area contributed by atoms with E-state index in [2.05, 4.69) is 15.1 Å². The molecule has 0 saturated carbocycles. The van der Waals surface area contributed by atoms with Gasteiger partial charge in [-0.2, -0.15) is 41.4 Å². The minimum absolute atomic E-state index is 0.0173. The van der Waals surface area contributed by atoms with Crippen LogP contribution in [0.15, 0.2) is 42.9 Å². The van der Waals surface area contributed by atoms with Crippen LogP contribution in [0.3, 0.4) is 0 Å². The molecule has 0 radical (unpaired) electrons. The van der Waals surface area contributed by atoms with Gasteiger partial charge in [-0.15, -0.1) is 0 Å². The zero-order valence-corrected chi connectivity index (χ0v) is 16.8. The number of amides is 1. The third-order valence-corrected chi connectivity index (χ3v) is 4.67. The molecule has 2 heterocycles. The minimum atomic E-state index is -5.07. The molecule has 13 heteroatoms. The Hall–Kier alpha value is -3.95. The summed E-state index contributed by atoms with van der Waals surface area (Å²) in [5.74, 6) is 0.235. The fraction of sp³-hybridized carbons (Fsp3) is 0.250. The van der Waals surface area contributed by atoms with Crippen molar-refractivity contribution in [3.8, 4) is 11.9 Å². The van der Waals surface area contributed by atoms with Crippen LogP contribution >= 0.6 is 0 Å². The summed E-state index contributed by atoms with van der Waals surface area (Å²) in [6.07, 6.45) is -7.58. The Morgan fingerprint density at radius 1 is 1.09 bits per heavy atom. The zero-order valence-electron chi connectivity index (χ0n) is 16.8. The number of carbonyl (C=O) groups excluding carboxylic acids is 1. The van der Waals surface area contributed by atoms with E-state index in [-0.39, 0.29) is 36.1 Å². The number of nitrogens with zero attached hydrogens (tertiary/aromatic N) is 6. The lowest BCUT2D eigenvalue weighted by Crippen LogP contribution is -2.30. The third kappa shape index (κ3) is 4.94. The lowest BCUT2D eigenvalue weighted by molar-refractivity contribution is -0.143. The number of rotatable bonds is 6. The van der Waals surface area contributed by atoms with Crippen LogP contribution in [0.4, 0.5) is 32.0 Å². The number of pyridine rings is 1. The van der Waals surface area contributed by atoms with Crippen LogP contribution in [-0.4, -0.2) is 26.2 Å². The van der Waals surface area contributed by atoms with Crippen molar-refractivity contribution in [1.29, 1.82) is 5.26 Å². The van der Waals surface area contributed by atoms with Crippen molar-refractivity contribution in [1.82, 2.24) is 19.7 Å². The Morgan fingerprint density at radius 3 is 2.18 bits per heavy atom. The molecule has 1 unspecified atom stereocenters. The minimum Gasteiger partial charge on any atom is -0.304 e. The molecule has 7 nitrogen and oxygen atoms in total. The van der Waals surface area contributed by atoms with Gasteiger partial charge in [0, 0.05) is 11.9 Å². The van der Waals surface area contributed by atoms with Crippen LogP contribution in [0.25, 0.3) is 5.82 Å². The number of hydrogen-bond donors (Lipinski definition) is 0. The van der Waals surface area contributed by atoms with Gasteiger partial charge >= 0.3 is 12.4 Å². The van der Waals surface area contributed by atoms with Gasteiger partial charge in [-0.1, -0.05) is 6.92 Å². The highest BCUT2D eigenvalue weighted by molar-refractivity contribution is 5.77. The Balaban J connectivity index is 2.12. The highest BCUT2D eigenvalue weighted by Gasteiger charge is 2.38. The van der Waals surface area contributed by atoms with E-state index < -0.39 is 35.2 Å². The van der Waals surface area contributed by atoms with Crippen molar-refractivity contribution < 1.29 is 31.1 Å². The molecule has 0 bridgehead atoms. The molecule has 2 aromatic heterocycles. The first-order valence-corrected chi connectivity index (χ1v) is 9.29. The van der Waals surface area contributed by atoms with Crippen molar-refractivity contribution in [2.24, 2.45) is 0 Å². The Morgan fingerprint density at radius 2 is 1.73 bits per heavy atom. The Bertz CT molecular complexity index is 1150. The second-order valence-corrected chi connectivity index (χ2v) is 6.75. The normalized spacial score (nSPS) is 12.8. The van der Waals surface area contributed by atoms with E-state index in [0.29, 0.717) is 12.1 Å². The number of hydrogen-bond acceptors (Lipinski definition) is 5. The number of alkyl halides is 6. The maximum atomic E-state index is 13.3. The Kier molecular flexibility index (Phi) is 6.39. The van der Waals surface area contributed by atoms with Gasteiger partial charge in [0.15, 0.2) is 11.6 Å². The van der Waals surface area contributed by atoms with E-state index in [1.54, 1.807) is 6.92 Å². The van der Waals surface area contributed by atoms with Crippen molar-refractivity contribution in [3.05, 3.63) is 65.4 Å². The zero-order chi connectivity index (χ0) is 24.4. The standard InChI is InChI=1S/C20H14F6N6O/c1-2-16(18-29-10-30-32(18)17-4-3-12(8-27)9-28-17)31(11-33)15-6-13(19(21,22)23)5-14(7-15)20(24,25)26/h3-7,9-11,16H,2H2,1H3. The van der Waals surface area contributed by atoms with E-state index in [0.717, 1.165) is 11.2 Å². The van der Waals surface area contributed by atoms with Gasteiger partial charge in [0.25, 0.3) is 0 Å². The molecule has 0 aliphatic rings.